The second kappa shape index (κ2) is 11.8. The van der Waals surface area contributed by atoms with Crippen molar-refractivity contribution < 1.29 is 28.8 Å². The highest BCUT2D eigenvalue weighted by molar-refractivity contribution is 6.30. The van der Waals surface area contributed by atoms with Crippen molar-refractivity contribution in [2.45, 2.75) is 18.9 Å². The molecule has 180 valence electrons. The topological polar surface area (TPSA) is 125 Å². The number of rotatable bonds is 10. The van der Waals surface area contributed by atoms with Crippen molar-refractivity contribution >= 4 is 40.6 Å². The Morgan fingerprint density at radius 2 is 1.69 bits per heavy atom. The van der Waals surface area contributed by atoms with Crippen molar-refractivity contribution in [3.8, 4) is 5.75 Å². The fraction of sp³-hybridized carbons (Fsp3) is 0.160. The lowest BCUT2D eigenvalue weighted by Crippen LogP contribution is -2.21. The number of nitrogens with zero attached hydrogens (tertiary/aromatic N) is 1. The number of benzene rings is 3. The molecule has 1 amide bonds. The zero-order chi connectivity index (χ0) is 25.4. The quantitative estimate of drug-likeness (QED) is 0.178. The largest absolute Gasteiger partial charge is 0.496 e. The predicted octanol–water partition coefficient (Wildman–Crippen LogP) is 5.14. The highest BCUT2D eigenvalue weighted by Crippen LogP contribution is 2.29. The summed E-state index contributed by atoms with van der Waals surface area (Å²) in [6, 6.07) is 18.6. The minimum atomic E-state index is -1.21. The predicted molar refractivity (Wildman–Crippen MR) is 129 cm³/mol. The number of halogens is 1. The molecule has 9 nitrogen and oxygen atoms in total. The Labute approximate surface area is 205 Å². The molecule has 0 bridgehead atoms. The molecule has 0 unspecified atom stereocenters. The molecule has 0 aliphatic carbocycles. The summed E-state index contributed by atoms with van der Waals surface area (Å²) in [7, 11) is 1.36. The van der Waals surface area contributed by atoms with Gasteiger partial charge in [0.05, 0.1) is 24.5 Å². The molecule has 0 aliphatic heterocycles. The third-order valence-corrected chi connectivity index (χ3v) is 5.20. The number of nitrogens with one attached hydrogen (secondary N) is 1. The number of nitro groups is 1. The summed E-state index contributed by atoms with van der Waals surface area (Å²) in [6.45, 7) is 0. The van der Waals surface area contributed by atoms with E-state index in [1.165, 1.54) is 37.4 Å². The van der Waals surface area contributed by atoms with E-state index < -0.39 is 28.7 Å². The van der Waals surface area contributed by atoms with Crippen molar-refractivity contribution in [3.05, 3.63) is 99.1 Å². The molecule has 1 atom stereocenters. The Balaban J connectivity index is 1.67. The van der Waals surface area contributed by atoms with Crippen LogP contribution in [-0.4, -0.2) is 29.7 Å². The van der Waals surface area contributed by atoms with Gasteiger partial charge in [0, 0.05) is 22.6 Å². The maximum atomic E-state index is 13.1. The lowest BCUT2D eigenvalue weighted by atomic mass is 10.00. The summed E-state index contributed by atoms with van der Waals surface area (Å²) in [5.74, 6) is -1.59. The number of ketones is 1. The maximum Gasteiger partial charge on any atom is 0.307 e. The Hall–Kier alpha value is -4.24. The molecule has 1 N–H and O–H groups in total. The van der Waals surface area contributed by atoms with Crippen LogP contribution < -0.4 is 10.1 Å². The van der Waals surface area contributed by atoms with Crippen LogP contribution in [0.4, 0.5) is 11.4 Å². The Morgan fingerprint density at radius 1 is 1.00 bits per heavy atom. The molecule has 0 aromatic heterocycles. The second-order valence-electron chi connectivity index (χ2n) is 7.34. The molecule has 35 heavy (non-hydrogen) atoms. The first kappa shape index (κ1) is 25.4. The van der Waals surface area contributed by atoms with Crippen LogP contribution in [0.2, 0.25) is 5.02 Å². The van der Waals surface area contributed by atoms with Gasteiger partial charge in [0.15, 0.2) is 6.10 Å². The first-order valence-electron chi connectivity index (χ1n) is 10.4. The maximum absolute atomic E-state index is 13.1. The number of hydrogen-bond acceptors (Lipinski definition) is 7. The van der Waals surface area contributed by atoms with Crippen LogP contribution in [0.3, 0.4) is 0 Å². The number of nitro benzene ring substituents is 1. The van der Waals surface area contributed by atoms with Crippen LogP contribution in [0.15, 0.2) is 72.8 Å². The summed E-state index contributed by atoms with van der Waals surface area (Å²) in [6.07, 6.45) is -1.86. The smallest absolute Gasteiger partial charge is 0.307 e. The van der Waals surface area contributed by atoms with Crippen LogP contribution >= 0.6 is 11.6 Å². The number of methoxy groups -OCH3 is 1. The van der Waals surface area contributed by atoms with Crippen LogP contribution in [0.25, 0.3) is 0 Å². The average Bonchev–Trinajstić information content (AvgIpc) is 2.86. The van der Waals surface area contributed by atoms with Gasteiger partial charge >= 0.3 is 5.97 Å². The van der Waals surface area contributed by atoms with Crippen molar-refractivity contribution in [2.75, 3.05) is 12.4 Å². The van der Waals surface area contributed by atoms with E-state index in [0.29, 0.717) is 16.1 Å². The van der Waals surface area contributed by atoms with E-state index in [1.807, 2.05) is 0 Å². The van der Waals surface area contributed by atoms with Gasteiger partial charge in [-0.3, -0.25) is 24.5 Å². The number of anilines is 1. The molecule has 0 radical (unpaired) electrons. The molecule has 0 saturated heterocycles. The number of carbonyl (C=O) groups excluding carboxylic acids is 3. The monoisotopic (exact) mass is 496 g/mol. The molecule has 0 aliphatic rings. The number of Topliss-reactive ketones (excluding diaryl/α,β-unsaturated/α-hetero) is 1. The van der Waals surface area contributed by atoms with Gasteiger partial charge in [0.2, 0.25) is 11.7 Å². The highest BCUT2D eigenvalue weighted by atomic mass is 35.5. The summed E-state index contributed by atoms with van der Waals surface area (Å²) < 4.78 is 10.4. The molecule has 3 aromatic rings. The first-order chi connectivity index (χ1) is 16.8. The van der Waals surface area contributed by atoms with E-state index in [-0.39, 0.29) is 30.0 Å². The molecular formula is C25H21ClN2O7. The number of esters is 1. The minimum Gasteiger partial charge on any atom is -0.496 e. The lowest BCUT2D eigenvalue weighted by molar-refractivity contribution is -0.384. The van der Waals surface area contributed by atoms with Crippen molar-refractivity contribution in [1.29, 1.82) is 0 Å². The molecule has 0 fully saturated rings. The van der Waals surface area contributed by atoms with E-state index in [4.69, 9.17) is 21.1 Å². The first-order valence-corrected chi connectivity index (χ1v) is 10.8. The van der Waals surface area contributed by atoms with Crippen LogP contribution in [0.5, 0.6) is 5.75 Å². The standard InChI is InChI=1S/C25H21ClN2O7/c1-34-19-11-12-20(21(15-19)28(32)33)27-22(29)13-14-23(30)35-25(17-5-3-2-4-6-17)24(31)16-7-9-18(26)10-8-16/h2-12,15,25H,13-14H2,1H3,(H,27,29)/t25-/m0/s1. The highest BCUT2D eigenvalue weighted by Gasteiger charge is 2.26. The fourth-order valence-corrected chi connectivity index (χ4v) is 3.31. The average molecular weight is 497 g/mol. The second-order valence-corrected chi connectivity index (χ2v) is 7.78. The van der Waals surface area contributed by atoms with Gasteiger partial charge in [-0.15, -0.1) is 0 Å². The van der Waals surface area contributed by atoms with Gasteiger partial charge in [-0.1, -0.05) is 41.9 Å². The molecular weight excluding hydrogens is 476 g/mol. The molecule has 0 spiro atoms. The van der Waals surface area contributed by atoms with E-state index in [2.05, 4.69) is 5.32 Å². The van der Waals surface area contributed by atoms with Gasteiger partial charge in [-0.05, 0) is 36.4 Å². The molecule has 3 rings (SSSR count). The normalized spacial score (nSPS) is 11.3. The Bertz CT molecular complexity index is 1230. The van der Waals surface area contributed by atoms with Gasteiger partial charge in [-0.25, -0.2) is 0 Å². The van der Waals surface area contributed by atoms with Crippen molar-refractivity contribution in [3.63, 3.8) is 0 Å². The fourth-order valence-electron chi connectivity index (χ4n) is 3.18. The zero-order valence-corrected chi connectivity index (χ0v) is 19.4. The van der Waals surface area contributed by atoms with Crippen LogP contribution in [0.1, 0.15) is 34.9 Å². The van der Waals surface area contributed by atoms with Crippen LogP contribution in [0, 0.1) is 10.1 Å². The minimum absolute atomic E-state index is 0.0331. The summed E-state index contributed by atoms with van der Waals surface area (Å²) in [5, 5.41) is 14.1. The van der Waals surface area contributed by atoms with Crippen molar-refractivity contribution in [1.82, 2.24) is 0 Å². The third kappa shape index (κ3) is 6.87. The van der Waals surface area contributed by atoms with E-state index in [1.54, 1.807) is 42.5 Å². The molecule has 10 heteroatoms. The number of amides is 1. The van der Waals surface area contributed by atoms with E-state index in [9.17, 15) is 24.5 Å². The van der Waals surface area contributed by atoms with E-state index in [0.717, 1.165) is 0 Å². The lowest BCUT2D eigenvalue weighted by Gasteiger charge is -2.17. The van der Waals surface area contributed by atoms with E-state index >= 15 is 0 Å². The number of carbonyl (C=O) groups is 3. The number of ether oxygens (including phenoxy) is 2. The summed E-state index contributed by atoms with van der Waals surface area (Å²) >= 11 is 5.89. The SMILES string of the molecule is COc1ccc(NC(=O)CCC(=O)O[C@H](C(=O)c2ccc(Cl)cc2)c2ccccc2)c([N+](=O)[O-])c1. The van der Waals surface area contributed by atoms with Gasteiger partial charge in [-0.2, -0.15) is 0 Å². The molecule has 0 saturated carbocycles. The van der Waals surface area contributed by atoms with Gasteiger partial charge in [0.1, 0.15) is 11.4 Å². The zero-order valence-electron chi connectivity index (χ0n) is 18.6. The Kier molecular flexibility index (Phi) is 8.53. The third-order valence-electron chi connectivity index (χ3n) is 4.95. The van der Waals surface area contributed by atoms with Gasteiger partial charge < -0.3 is 14.8 Å². The summed E-state index contributed by atoms with van der Waals surface area (Å²) in [4.78, 5) is 48.5. The van der Waals surface area contributed by atoms with Gasteiger partial charge in [0.25, 0.3) is 5.69 Å². The van der Waals surface area contributed by atoms with Crippen molar-refractivity contribution in [2.24, 2.45) is 0 Å². The summed E-state index contributed by atoms with van der Waals surface area (Å²) in [5.41, 5.74) is 0.395. The number of hydrogen-bond donors (Lipinski definition) is 1. The molecule has 3 aromatic carbocycles. The molecule has 0 heterocycles. The Morgan fingerprint density at radius 3 is 2.31 bits per heavy atom. The van der Waals surface area contributed by atoms with Crippen LogP contribution in [-0.2, 0) is 14.3 Å².